The number of thioether (sulfide) groups is 1. The van der Waals surface area contributed by atoms with Gasteiger partial charge < -0.3 is 10.4 Å². The van der Waals surface area contributed by atoms with Crippen molar-refractivity contribution >= 4 is 35.2 Å². The number of carboxylic acids is 1. The summed E-state index contributed by atoms with van der Waals surface area (Å²) in [4.78, 5) is 23.0. The van der Waals surface area contributed by atoms with E-state index < -0.39 is 17.4 Å². The quantitative estimate of drug-likeness (QED) is 0.841. The van der Waals surface area contributed by atoms with Crippen LogP contribution >= 0.6 is 23.4 Å². The Morgan fingerprint density at radius 2 is 1.86 bits per heavy atom. The Hall–Kier alpha value is -1.20. The first-order chi connectivity index (χ1) is 9.70. The molecule has 0 fully saturated rings. The van der Waals surface area contributed by atoms with E-state index >= 15 is 0 Å². The lowest BCUT2D eigenvalue weighted by Crippen LogP contribution is -2.49. The van der Waals surface area contributed by atoms with Gasteiger partial charge in [0.1, 0.15) is 6.04 Å². The fourth-order valence-corrected chi connectivity index (χ4v) is 2.62. The third-order valence-electron chi connectivity index (χ3n) is 2.83. The van der Waals surface area contributed by atoms with Gasteiger partial charge in [0.25, 0.3) is 0 Å². The Balaban J connectivity index is 2.43. The number of aliphatic carboxylic acids is 1. The van der Waals surface area contributed by atoms with Crippen molar-refractivity contribution in [2.24, 2.45) is 5.41 Å². The fraction of sp³-hybridized carbons (Fsp3) is 0.467. The van der Waals surface area contributed by atoms with Gasteiger partial charge in [0.15, 0.2) is 0 Å². The second-order valence-electron chi connectivity index (χ2n) is 5.82. The van der Waals surface area contributed by atoms with Gasteiger partial charge in [0, 0.05) is 10.8 Å². The number of carboxylic acid groups (broad SMARTS) is 1. The van der Waals surface area contributed by atoms with E-state index in [0.717, 1.165) is 5.56 Å². The highest BCUT2D eigenvalue weighted by Crippen LogP contribution is 2.20. The summed E-state index contributed by atoms with van der Waals surface area (Å²) >= 11 is 7.24. The van der Waals surface area contributed by atoms with E-state index in [1.165, 1.54) is 11.8 Å². The first-order valence-electron chi connectivity index (χ1n) is 6.54. The van der Waals surface area contributed by atoms with E-state index in [1.54, 1.807) is 32.9 Å². The van der Waals surface area contributed by atoms with Crippen LogP contribution in [0.4, 0.5) is 0 Å². The molecular weight excluding hydrogens is 310 g/mol. The summed E-state index contributed by atoms with van der Waals surface area (Å²) in [6.45, 7) is 5.35. The normalized spacial score (nSPS) is 12.8. The molecule has 0 aliphatic rings. The number of hydrogen-bond acceptors (Lipinski definition) is 3. The van der Waals surface area contributed by atoms with Crippen molar-refractivity contribution < 1.29 is 14.7 Å². The van der Waals surface area contributed by atoms with Crippen molar-refractivity contribution in [3.8, 4) is 0 Å². The first-order valence-corrected chi connectivity index (χ1v) is 8.08. The number of rotatable bonds is 6. The molecule has 1 aromatic carbocycles. The van der Waals surface area contributed by atoms with Gasteiger partial charge in [0.2, 0.25) is 5.91 Å². The molecule has 1 amide bonds. The Labute approximate surface area is 134 Å². The van der Waals surface area contributed by atoms with Crippen LogP contribution in [0.1, 0.15) is 26.3 Å². The summed E-state index contributed by atoms with van der Waals surface area (Å²) in [5, 5.41) is 12.4. The van der Waals surface area contributed by atoms with Crippen LogP contribution in [0, 0.1) is 5.41 Å². The molecule has 0 bridgehead atoms. The van der Waals surface area contributed by atoms with E-state index in [9.17, 15) is 9.59 Å². The van der Waals surface area contributed by atoms with Gasteiger partial charge in [-0.3, -0.25) is 4.79 Å². The van der Waals surface area contributed by atoms with E-state index in [4.69, 9.17) is 16.7 Å². The van der Waals surface area contributed by atoms with Crippen molar-refractivity contribution in [2.75, 3.05) is 5.75 Å². The molecule has 2 N–H and O–H groups in total. The summed E-state index contributed by atoms with van der Waals surface area (Å²) in [5.74, 6) is -0.379. The largest absolute Gasteiger partial charge is 0.480 e. The molecule has 1 rings (SSSR count). The summed E-state index contributed by atoms with van der Waals surface area (Å²) in [6, 6.07) is 6.53. The lowest BCUT2D eigenvalue weighted by Gasteiger charge is -2.27. The maximum atomic E-state index is 11.8. The monoisotopic (exact) mass is 329 g/mol. The van der Waals surface area contributed by atoms with Gasteiger partial charge in [-0.05, 0) is 23.1 Å². The SMILES string of the molecule is CC(C)(C)[C@@H](NC(=O)CSCc1ccc(Cl)cc1)C(=O)O. The summed E-state index contributed by atoms with van der Waals surface area (Å²) in [5.41, 5.74) is 0.547. The molecule has 0 unspecified atom stereocenters. The highest BCUT2D eigenvalue weighted by atomic mass is 35.5. The van der Waals surface area contributed by atoms with E-state index in [1.807, 2.05) is 12.1 Å². The van der Waals surface area contributed by atoms with Crippen molar-refractivity contribution in [3.05, 3.63) is 34.9 Å². The summed E-state index contributed by atoms with van der Waals surface area (Å²) in [6.07, 6.45) is 0. The molecule has 0 radical (unpaired) electrons. The Morgan fingerprint density at radius 3 is 2.33 bits per heavy atom. The zero-order chi connectivity index (χ0) is 16.0. The molecule has 0 spiro atoms. The number of halogens is 1. The minimum Gasteiger partial charge on any atom is -0.480 e. The van der Waals surface area contributed by atoms with E-state index in [2.05, 4.69) is 5.32 Å². The molecule has 0 saturated heterocycles. The third-order valence-corrected chi connectivity index (χ3v) is 4.09. The molecule has 0 aliphatic carbocycles. The lowest BCUT2D eigenvalue weighted by molar-refractivity contribution is -0.144. The molecule has 1 atom stereocenters. The van der Waals surface area contributed by atoms with Gasteiger partial charge in [-0.2, -0.15) is 0 Å². The maximum absolute atomic E-state index is 11.8. The summed E-state index contributed by atoms with van der Waals surface area (Å²) < 4.78 is 0. The average Bonchev–Trinajstić information content (AvgIpc) is 2.36. The summed E-state index contributed by atoms with van der Waals surface area (Å²) in [7, 11) is 0. The zero-order valence-electron chi connectivity index (χ0n) is 12.4. The van der Waals surface area contributed by atoms with Crippen LogP contribution in [0.3, 0.4) is 0 Å². The van der Waals surface area contributed by atoms with Crippen LogP contribution in [0.25, 0.3) is 0 Å². The van der Waals surface area contributed by atoms with Crippen LogP contribution in [-0.4, -0.2) is 28.8 Å². The minimum absolute atomic E-state index is 0.225. The van der Waals surface area contributed by atoms with Crippen molar-refractivity contribution in [1.29, 1.82) is 0 Å². The standard InChI is InChI=1S/C15H20ClNO3S/c1-15(2,3)13(14(19)20)17-12(18)9-21-8-10-4-6-11(16)7-5-10/h4-7,13H,8-9H2,1-3H3,(H,17,18)(H,19,20)/t13-/m0/s1. The number of carbonyl (C=O) groups excluding carboxylic acids is 1. The molecule has 0 aromatic heterocycles. The van der Waals surface area contributed by atoms with Crippen LogP contribution in [0.2, 0.25) is 5.02 Å². The predicted octanol–water partition coefficient (Wildman–Crippen LogP) is 3.19. The molecule has 0 aliphatic heterocycles. The molecule has 116 valence electrons. The smallest absolute Gasteiger partial charge is 0.326 e. The fourth-order valence-electron chi connectivity index (χ4n) is 1.69. The van der Waals surface area contributed by atoms with E-state index in [0.29, 0.717) is 10.8 Å². The zero-order valence-corrected chi connectivity index (χ0v) is 13.9. The second-order valence-corrected chi connectivity index (χ2v) is 7.25. The number of carbonyl (C=O) groups is 2. The van der Waals surface area contributed by atoms with Gasteiger partial charge >= 0.3 is 5.97 Å². The number of amides is 1. The molecule has 21 heavy (non-hydrogen) atoms. The topological polar surface area (TPSA) is 66.4 Å². The highest BCUT2D eigenvalue weighted by molar-refractivity contribution is 7.99. The molecule has 6 heteroatoms. The van der Waals surface area contributed by atoms with Gasteiger partial charge in [0.05, 0.1) is 5.75 Å². The van der Waals surface area contributed by atoms with Crippen LogP contribution in [-0.2, 0) is 15.3 Å². The maximum Gasteiger partial charge on any atom is 0.326 e. The number of nitrogens with one attached hydrogen (secondary N) is 1. The Bertz CT molecular complexity index is 497. The van der Waals surface area contributed by atoms with Crippen LogP contribution in [0.5, 0.6) is 0 Å². The first kappa shape index (κ1) is 17.9. The van der Waals surface area contributed by atoms with Crippen molar-refractivity contribution in [2.45, 2.75) is 32.6 Å². The molecule has 4 nitrogen and oxygen atoms in total. The third kappa shape index (κ3) is 6.40. The molecule has 0 heterocycles. The number of hydrogen-bond donors (Lipinski definition) is 2. The lowest BCUT2D eigenvalue weighted by atomic mass is 9.87. The van der Waals surface area contributed by atoms with Crippen molar-refractivity contribution in [3.63, 3.8) is 0 Å². The van der Waals surface area contributed by atoms with Crippen molar-refractivity contribution in [1.82, 2.24) is 5.32 Å². The van der Waals surface area contributed by atoms with Crippen LogP contribution < -0.4 is 5.32 Å². The highest BCUT2D eigenvalue weighted by Gasteiger charge is 2.32. The second kappa shape index (κ2) is 7.71. The molecule has 0 saturated carbocycles. The minimum atomic E-state index is -1.02. The number of benzene rings is 1. The Kier molecular flexibility index (Phi) is 6.55. The van der Waals surface area contributed by atoms with Gasteiger partial charge in [-0.1, -0.05) is 44.5 Å². The molecular formula is C15H20ClNO3S. The van der Waals surface area contributed by atoms with Gasteiger partial charge in [-0.25, -0.2) is 4.79 Å². The van der Waals surface area contributed by atoms with Crippen LogP contribution in [0.15, 0.2) is 24.3 Å². The molecule has 1 aromatic rings. The average molecular weight is 330 g/mol. The van der Waals surface area contributed by atoms with Gasteiger partial charge in [-0.15, -0.1) is 11.8 Å². The van der Waals surface area contributed by atoms with E-state index in [-0.39, 0.29) is 11.7 Å². The Morgan fingerprint density at radius 1 is 1.29 bits per heavy atom. The predicted molar refractivity (Wildman–Crippen MR) is 86.6 cm³/mol.